The molecule has 3 rings (SSSR count). The Kier molecular flexibility index (Phi) is 1.39. The van der Waals surface area contributed by atoms with Gasteiger partial charge in [-0.25, -0.2) is 0 Å². The minimum atomic E-state index is 0.769. The van der Waals surface area contributed by atoms with Crippen molar-refractivity contribution >= 4 is 0 Å². The molecule has 1 unspecified atom stereocenters. The SMILES string of the molecule is C1CCC2(CCNC2)C2(C1)CC2. The fourth-order valence-electron chi connectivity index (χ4n) is 3.80. The van der Waals surface area contributed by atoms with Crippen LogP contribution in [0.25, 0.3) is 0 Å². The largest absolute Gasteiger partial charge is 0.316 e. The second-order valence-corrected chi connectivity index (χ2v) is 5.19. The van der Waals surface area contributed by atoms with E-state index in [0.717, 1.165) is 10.8 Å². The second kappa shape index (κ2) is 2.25. The van der Waals surface area contributed by atoms with Crippen LogP contribution in [-0.4, -0.2) is 13.1 Å². The third kappa shape index (κ3) is 0.783. The molecule has 1 N–H and O–H groups in total. The zero-order chi connectivity index (χ0) is 8.07. The van der Waals surface area contributed by atoms with Crippen LogP contribution in [0.3, 0.4) is 0 Å². The number of nitrogens with one attached hydrogen (secondary N) is 1. The molecule has 0 aromatic heterocycles. The van der Waals surface area contributed by atoms with Crippen LogP contribution in [0.2, 0.25) is 0 Å². The van der Waals surface area contributed by atoms with Crippen LogP contribution in [0.5, 0.6) is 0 Å². The zero-order valence-electron chi connectivity index (χ0n) is 7.86. The Morgan fingerprint density at radius 2 is 1.50 bits per heavy atom. The first-order valence-electron chi connectivity index (χ1n) is 5.58. The molecule has 1 atom stereocenters. The summed E-state index contributed by atoms with van der Waals surface area (Å²) in [4.78, 5) is 0. The van der Waals surface area contributed by atoms with Gasteiger partial charge in [-0.15, -0.1) is 0 Å². The van der Waals surface area contributed by atoms with E-state index in [1.807, 2.05) is 0 Å². The number of hydrogen-bond donors (Lipinski definition) is 1. The van der Waals surface area contributed by atoms with E-state index in [0.29, 0.717) is 0 Å². The summed E-state index contributed by atoms with van der Waals surface area (Å²) in [5, 5.41) is 3.58. The van der Waals surface area contributed by atoms with Gasteiger partial charge in [0.2, 0.25) is 0 Å². The lowest BCUT2D eigenvalue weighted by atomic mass is 9.63. The normalized spacial score (nSPS) is 44.0. The molecule has 0 aromatic rings. The van der Waals surface area contributed by atoms with Gasteiger partial charge in [0, 0.05) is 6.54 Å². The van der Waals surface area contributed by atoms with Crippen molar-refractivity contribution < 1.29 is 0 Å². The van der Waals surface area contributed by atoms with Crippen molar-refractivity contribution in [3.63, 3.8) is 0 Å². The highest BCUT2D eigenvalue weighted by Gasteiger charge is 2.59. The van der Waals surface area contributed by atoms with Crippen molar-refractivity contribution in [2.24, 2.45) is 10.8 Å². The van der Waals surface area contributed by atoms with Gasteiger partial charge in [0.1, 0.15) is 0 Å². The van der Waals surface area contributed by atoms with E-state index >= 15 is 0 Å². The Hall–Kier alpha value is -0.0400. The van der Waals surface area contributed by atoms with E-state index in [-0.39, 0.29) is 0 Å². The van der Waals surface area contributed by atoms with Crippen molar-refractivity contribution in [3.8, 4) is 0 Å². The number of hydrogen-bond acceptors (Lipinski definition) is 1. The Morgan fingerprint density at radius 3 is 2.08 bits per heavy atom. The maximum atomic E-state index is 3.58. The minimum Gasteiger partial charge on any atom is -0.316 e. The van der Waals surface area contributed by atoms with Crippen molar-refractivity contribution in [1.29, 1.82) is 0 Å². The van der Waals surface area contributed by atoms with Gasteiger partial charge in [-0.05, 0) is 49.5 Å². The third-order valence-corrected chi connectivity index (χ3v) is 4.78. The fourth-order valence-corrected chi connectivity index (χ4v) is 3.80. The lowest BCUT2D eigenvalue weighted by Gasteiger charge is -2.42. The summed E-state index contributed by atoms with van der Waals surface area (Å²) in [6.07, 6.45) is 10.7. The van der Waals surface area contributed by atoms with Gasteiger partial charge < -0.3 is 5.32 Å². The first kappa shape index (κ1) is 7.37. The summed E-state index contributed by atoms with van der Waals surface area (Å²) < 4.78 is 0. The molecule has 1 saturated heterocycles. The van der Waals surface area contributed by atoms with Crippen LogP contribution >= 0.6 is 0 Å². The van der Waals surface area contributed by atoms with E-state index in [1.54, 1.807) is 19.3 Å². The van der Waals surface area contributed by atoms with Gasteiger partial charge >= 0.3 is 0 Å². The molecular weight excluding hydrogens is 146 g/mol. The lowest BCUT2D eigenvalue weighted by Crippen LogP contribution is -2.37. The minimum absolute atomic E-state index is 0.769. The highest BCUT2D eigenvalue weighted by molar-refractivity contribution is 5.11. The van der Waals surface area contributed by atoms with Crippen molar-refractivity contribution in [2.45, 2.75) is 44.9 Å². The molecule has 2 aliphatic carbocycles. The second-order valence-electron chi connectivity index (χ2n) is 5.19. The molecule has 0 bridgehead atoms. The summed E-state index contributed by atoms with van der Waals surface area (Å²) >= 11 is 0. The van der Waals surface area contributed by atoms with Gasteiger partial charge in [0.25, 0.3) is 0 Å². The molecule has 2 saturated carbocycles. The molecule has 1 heteroatoms. The van der Waals surface area contributed by atoms with Crippen molar-refractivity contribution in [2.75, 3.05) is 13.1 Å². The highest BCUT2D eigenvalue weighted by Crippen LogP contribution is 2.67. The molecular formula is C11H19N. The first-order chi connectivity index (χ1) is 5.87. The topological polar surface area (TPSA) is 12.0 Å². The van der Waals surface area contributed by atoms with Crippen LogP contribution < -0.4 is 5.32 Å². The van der Waals surface area contributed by atoms with E-state index < -0.39 is 0 Å². The zero-order valence-corrected chi connectivity index (χ0v) is 7.86. The van der Waals surface area contributed by atoms with Crippen molar-refractivity contribution in [3.05, 3.63) is 0 Å². The van der Waals surface area contributed by atoms with E-state index in [1.165, 1.54) is 38.8 Å². The van der Waals surface area contributed by atoms with Gasteiger partial charge in [0.15, 0.2) is 0 Å². The molecule has 2 spiro atoms. The van der Waals surface area contributed by atoms with Crippen molar-refractivity contribution in [1.82, 2.24) is 5.32 Å². The lowest BCUT2D eigenvalue weighted by molar-refractivity contribution is 0.0939. The average molecular weight is 165 g/mol. The maximum absolute atomic E-state index is 3.58. The molecule has 68 valence electrons. The Balaban J connectivity index is 1.89. The molecule has 0 amide bonds. The molecule has 0 aromatic carbocycles. The maximum Gasteiger partial charge on any atom is 0.00136 e. The number of rotatable bonds is 0. The summed E-state index contributed by atoms with van der Waals surface area (Å²) in [7, 11) is 0. The van der Waals surface area contributed by atoms with E-state index in [2.05, 4.69) is 5.32 Å². The molecule has 12 heavy (non-hydrogen) atoms. The van der Waals surface area contributed by atoms with Crippen LogP contribution in [-0.2, 0) is 0 Å². The molecule has 1 nitrogen and oxygen atoms in total. The average Bonchev–Trinajstić information content (AvgIpc) is 2.73. The molecule has 1 aliphatic heterocycles. The van der Waals surface area contributed by atoms with E-state index in [4.69, 9.17) is 0 Å². The predicted molar refractivity (Wildman–Crippen MR) is 50.1 cm³/mol. The Bertz CT molecular complexity index is 187. The molecule has 1 heterocycles. The quantitative estimate of drug-likeness (QED) is 0.581. The summed E-state index contributed by atoms with van der Waals surface area (Å²) in [6.45, 7) is 2.63. The van der Waals surface area contributed by atoms with Crippen LogP contribution in [0.4, 0.5) is 0 Å². The summed E-state index contributed by atoms with van der Waals surface area (Å²) in [5.74, 6) is 0. The van der Waals surface area contributed by atoms with Crippen LogP contribution in [0.15, 0.2) is 0 Å². The summed E-state index contributed by atoms with van der Waals surface area (Å²) in [6, 6.07) is 0. The fraction of sp³-hybridized carbons (Fsp3) is 1.00. The molecule has 3 aliphatic rings. The monoisotopic (exact) mass is 165 g/mol. The first-order valence-corrected chi connectivity index (χ1v) is 5.58. The smallest absolute Gasteiger partial charge is 0.00136 e. The van der Waals surface area contributed by atoms with Gasteiger partial charge in [-0.1, -0.05) is 12.8 Å². The number of fused-ring (bicyclic) bond motifs is 1. The Morgan fingerprint density at radius 1 is 0.750 bits per heavy atom. The summed E-state index contributed by atoms with van der Waals surface area (Å²) in [5.41, 5.74) is 1.61. The van der Waals surface area contributed by atoms with Gasteiger partial charge in [0.05, 0.1) is 0 Å². The van der Waals surface area contributed by atoms with E-state index in [9.17, 15) is 0 Å². The molecule has 3 fully saturated rings. The predicted octanol–water partition coefficient (Wildman–Crippen LogP) is 2.32. The third-order valence-electron chi connectivity index (χ3n) is 4.78. The van der Waals surface area contributed by atoms with Crippen LogP contribution in [0.1, 0.15) is 44.9 Å². The standard InChI is InChI=1S/C11H19N/c1-2-4-11(7-8-12-9-11)10(3-1)5-6-10/h12H,1-9H2. The Labute approximate surface area is 74.9 Å². The van der Waals surface area contributed by atoms with Gasteiger partial charge in [-0.3, -0.25) is 0 Å². The van der Waals surface area contributed by atoms with Gasteiger partial charge in [-0.2, -0.15) is 0 Å². The molecule has 0 radical (unpaired) electrons. The van der Waals surface area contributed by atoms with Crippen LogP contribution in [0, 0.1) is 10.8 Å². The highest BCUT2D eigenvalue weighted by atomic mass is 14.9.